The lowest BCUT2D eigenvalue weighted by molar-refractivity contribution is -0.123. The Bertz CT molecular complexity index is 350. The van der Waals surface area contributed by atoms with Gasteiger partial charge in [0.1, 0.15) is 5.78 Å². The lowest BCUT2D eigenvalue weighted by atomic mass is 9.89. The van der Waals surface area contributed by atoms with E-state index in [4.69, 9.17) is 5.73 Å². The molecule has 2 rings (SSSR count). The monoisotopic (exact) mass is 218 g/mol. The second-order valence-electron chi connectivity index (χ2n) is 4.53. The van der Waals surface area contributed by atoms with Gasteiger partial charge in [0, 0.05) is 24.7 Å². The summed E-state index contributed by atoms with van der Waals surface area (Å²) in [5.41, 5.74) is 6.75. The Morgan fingerprint density at radius 1 is 1.38 bits per heavy atom. The molecule has 0 radical (unpaired) electrons. The molecule has 86 valence electrons. The van der Waals surface area contributed by atoms with Crippen LogP contribution in [0.2, 0.25) is 0 Å². The fourth-order valence-electron chi connectivity index (χ4n) is 2.58. The van der Waals surface area contributed by atoms with Gasteiger partial charge in [0.25, 0.3) is 0 Å². The van der Waals surface area contributed by atoms with Crippen molar-refractivity contribution < 1.29 is 4.79 Å². The van der Waals surface area contributed by atoms with E-state index in [1.807, 2.05) is 12.1 Å². The molecule has 1 aromatic heterocycles. The summed E-state index contributed by atoms with van der Waals surface area (Å²) in [6.07, 6.45) is 7.28. The Hall–Kier alpha value is -1.22. The van der Waals surface area contributed by atoms with E-state index >= 15 is 0 Å². The van der Waals surface area contributed by atoms with Gasteiger partial charge in [-0.3, -0.25) is 9.78 Å². The minimum absolute atomic E-state index is 0.193. The van der Waals surface area contributed by atoms with Crippen LogP contribution in [0.15, 0.2) is 24.5 Å². The fourth-order valence-corrected chi connectivity index (χ4v) is 2.58. The van der Waals surface area contributed by atoms with Crippen LogP contribution in [0.1, 0.15) is 24.8 Å². The average molecular weight is 218 g/mol. The molecule has 2 atom stereocenters. The molecule has 3 heteroatoms. The summed E-state index contributed by atoms with van der Waals surface area (Å²) in [5, 5.41) is 0. The van der Waals surface area contributed by atoms with Crippen molar-refractivity contribution >= 4 is 5.78 Å². The zero-order valence-corrected chi connectivity index (χ0v) is 9.43. The number of hydrogen-bond acceptors (Lipinski definition) is 3. The first-order chi connectivity index (χ1) is 7.81. The molecular formula is C13H18N2O. The zero-order chi connectivity index (χ0) is 11.4. The summed E-state index contributed by atoms with van der Waals surface area (Å²) in [7, 11) is 0. The molecule has 1 heterocycles. The minimum atomic E-state index is 0.193. The Kier molecular flexibility index (Phi) is 3.67. The predicted octanol–water partition coefficient (Wildman–Crippen LogP) is 1.57. The second kappa shape index (κ2) is 5.21. The van der Waals surface area contributed by atoms with Crippen LogP contribution in [0.4, 0.5) is 0 Å². The van der Waals surface area contributed by atoms with Crippen LogP contribution in [0.5, 0.6) is 0 Å². The average Bonchev–Trinajstić information content (AvgIpc) is 2.78. The van der Waals surface area contributed by atoms with Crippen LogP contribution >= 0.6 is 0 Å². The largest absolute Gasteiger partial charge is 0.330 e. The third kappa shape index (κ3) is 2.47. The van der Waals surface area contributed by atoms with Gasteiger partial charge in [0.2, 0.25) is 0 Å². The highest BCUT2D eigenvalue weighted by molar-refractivity contribution is 5.83. The number of rotatable bonds is 4. The molecule has 0 amide bonds. The van der Waals surface area contributed by atoms with Crippen molar-refractivity contribution in [3.05, 3.63) is 30.1 Å². The number of carbonyl (C=O) groups excluding carboxylic acids is 1. The first-order valence-corrected chi connectivity index (χ1v) is 5.93. The van der Waals surface area contributed by atoms with Crippen molar-refractivity contribution in [2.24, 2.45) is 17.6 Å². The quantitative estimate of drug-likeness (QED) is 0.834. The highest BCUT2D eigenvalue weighted by Crippen LogP contribution is 2.32. The maximum atomic E-state index is 12.1. The summed E-state index contributed by atoms with van der Waals surface area (Å²) in [5.74, 6) is 0.951. The Balaban J connectivity index is 1.98. The van der Waals surface area contributed by atoms with Crippen molar-refractivity contribution in [3.63, 3.8) is 0 Å². The molecular weight excluding hydrogens is 200 g/mol. The summed E-state index contributed by atoms with van der Waals surface area (Å²) < 4.78 is 0. The molecule has 0 aromatic carbocycles. The van der Waals surface area contributed by atoms with Gasteiger partial charge < -0.3 is 5.73 Å². The zero-order valence-electron chi connectivity index (χ0n) is 9.43. The Morgan fingerprint density at radius 2 is 2.12 bits per heavy atom. The maximum absolute atomic E-state index is 12.1. The van der Waals surface area contributed by atoms with Gasteiger partial charge in [-0.15, -0.1) is 0 Å². The Labute approximate surface area is 96.1 Å². The lowest BCUT2D eigenvalue weighted by Crippen LogP contribution is -2.26. The van der Waals surface area contributed by atoms with Gasteiger partial charge >= 0.3 is 0 Å². The smallest absolute Gasteiger partial charge is 0.140 e. The number of nitrogens with two attached hydrogens (primary N) is 1. The van der Waals surface area contributed by atoms with Crippen molar-refractivity contribution in [2.45, 2.75) is 25.7 Å². The summed E-state index contributed by atoms with van der Waals surface area (Å²) in [6, 6.07) is 3.81. The van der Waals surface area contributed by atoms with Gasteiger partial charge in [0.15, 0.2) is 0 Å². The molecule has 2 unspecified atom stereocenters. The molecule has 16 heavy (non-hydrogen) atoms. The summed E-state index contributed by atoms with van der Waals surface area (Å²) in [4.78, 5) is 16.1. The Morgan fingerprint density at radius 3 is 2.81 bits per heavy atom. The number of Topliss-reactive ketones (excluding diaryl/α,β-unsaturated/α-hetero) is 1. The summed E-state index contributed by atoms with van der Waals surface area (Å²) >= 11 is 0. The van der Waals surface area contributed by atoms with Gasteiger partial charge in [-0.25, -0.2) is 0 Å². The molecule has 0 bridgehead atoms. The molecule has 0 saturated heterocycles. The third-order valence-electron chi connectivity index (χ3n) is 3.50. The second-order valence-corrected chi connectivity index (χ2v) is 4.53. The molecule has 1 aliphatic carbocycles. The van der Waals surface area contributed by atoms with Gasteiger partial charge in [0.05, 0.1) is 0 Å². The van der Waals surface area contributed by atoms with E-state index in [1.165, 1.54) is 0 Å². The van der Waals surface area contributed by atoms with E-state index in [1.54, 1.807) is 12.4 Å². The maximum Gasteiger partial charge on any atom is 0.140 e. The SMILES string of the molecule is NCC1CCCC1C(=O)Cc1ccncc1. The fraction of sp³-hybridized carbons (Fsp3) is 0.538. The molecule has 2 N–H and O–H groups in total. The third-order valence-corrected chi connectivity index (χ3v) is 3.50. The highest BCUT2D eigenvalue weighted by atomic mass is 16.1. The van der Waals surface area contributed by atoms with E-state index in [2.05, 4.69) is 4.98 Å². The molecule has 0 spiro atoms. The first-order valence-electron chi connectivity index (χ1n) is 5.93. The van der Waals surface area contributed by atoms with E-state index < -0.39 is 0 Å². The normalized spacial score (nSPS) is 24.6. The number of carbonyl (C=O) groups is 1. The van der Waals surface area contributed by atoms with Crippen LogP contribution in [0, 0.1) is 11.8 Å². The van der Waals surface area contributed by atoms with Crippen molar-refractivity contribution in [3.8, 4) is 0 Å². The topological polar surface area (TPSA) is 56.0 Å². The van der Waals surface area contributed by atoms with Crippen LogP contribution in [-0.4, -0.2) is 17.3 Å². The number of hydrogen-bond donors (Lipinski definition) is 1. The van der Waals surface area contributed by atoms with E-state index in [0.29, 0.717) is 24.7 Å². The van der Waals surface area contributed by atoms with Gasteiger partial charge in [-0.05, 0) is 43.0 Å². The van der Waals surface area contributed by atoms with E-state index in [9.17, 15) is 4.79 Å². The number of pyridine rings is 1. The number of aromatic nitrogens is 1. The van der Waals surface area contributed by atoms with Crippen molar-refractivity contribution in [2.75, 3.05) is 6.54 Å². The molecule has 1 fully saturated rings. The van der Waals surface area contributed by atoms with Gasteiger partial charge in [-0.2, -0.15) is 0 Å². The van der Waals surface area contributed by atoms with Crippen molar-refractivity contribution in [1.82, 2.24) is 4.98 Å². The predicted molar refractivity (Wildman–Crippen MR) is 62.8 cm³/mol. The van der Waals surface area contributed by atoms with Crippen LogP contribution in [0.3, 0.4) is 0 Å². The van der Waals surface area contributed by atoms with Crippen LogP contribution < -0.4 is 5.73 Å². The molecule has 0 aliphatic heterocycles. The van der Waals surface area contributed by atoms with E-state index in [-0.39, 0.29) is 5.92 Å². The minimum Gasteiger partial charge on any atom is -0.330 e. The van der Waals surface area contributed by atoms with Crippen LogP contribution in [0.25, 0.3) is 0 Å². The number of nitrogens with zero attached hydrogens (tertiary/aromatic N) is 1. The number of ketones is 1. The summed E-state index contributed by atoms with van der Waals surface area (Å²) in [6.45, 7) is 0.646. The standard InChI is InChI=1S/C13H18N2O/c14-9-11-2-1-3-12(11)13(16)8-10-4-6-15-7-5-10/h4-7,11-12H,1-3,8-9,14H2. The molecule has 1 aromatic rings. The lowest BCUT2D eigenvalue weighted by Gasteiger charge is -2.16. The van der Waals surface area contributed by atoms with E-state index in [0.717, 1.165) is 24.8 Å². The molecule has 1 saturated carbocycles. The van der Waals surface area contributed by atoms with Gasteiger partial charge in [-0.1, -0.05) is 6.42 Å². The van der Waals surface area contributed by atoms with Crippen LogP contribution in [-0.2, 0) is 11.2 Å². The highest BCUT2D eigenvalue weighted by Gasteiger charge is 2.31. The first kappa shape index (κ1) is 11.3. The van der Waals surface area contributed by atoms with Crippen molar-refractivity contribution in [1.29, 1.82) is 0 Å². The molecule has 1 aliphatic rings. The molecule has 3 nitrogen and oxygen atoms in total.